The number of rotatable bonds is 3. The highest BCUT2D eigenvalue weighted by atomic mass is 16.2. The third-order valence-electron chi connectivity index (χ3n) is 6.27. The molecule has 0 bridgehead atoms. The highest BCUT2D eigenvalue weighted by Crippen LogP contribution is 2.55. The largest absolute Gasteiger partial charge is 0.313 e. The minimum atomic E-state index is -1.15. The normalized spacial score (nSPS) is 32.4. The van der Waals surface area contributed by atoms with Crippen molar-refractivity contribution in [2.75, 3.05) is 11.9 Å². The standard InChI is InChI=1S/C21H27N3O3/c1-11(2)10-14-16-17(19(26)24(12(3)4)18(16)25)21(22-14)13-8-6-7-9-15(13)23(5)20(21)27/h6-9,11-12,14,16-17,22H,10H2,1-5H3/t14-,16+,17+,21+/m1/s1. The van der Waals surface area contributed by atoms with Crippen LogP contribution >= 0.6 is 0 Å². The molecule has 3 heterocycles. The van der Waals surface area contributed by atoms with E-state index < -0.39 is 17.4 Å². The topological polar surface area (TPSA) is 69.7 Å². The van der Waals surface area contributed by atoms with E-state index in [0.717, 1.165) is 17.7 Å². The van der Waals surface area contributed by atoms with Gasteiger partial charge >= 0.3 is 0 Å². The van der Waals surface area contributed by atoms with Crippen molar-refractivity contribution in [2.45, 2.75) is 51.7 Å². The van der Waals surface area contributed by atoms with Gasteiger partial charge < -0.3 is 4.90 Å². The number of para-hydroxylation sites is 1. The van der Waals surface area contributed by atoms with Gasteiger partial charge in [0.15, 0.2) is 0 Å². The SMILES string of the molecule is CC(C)C[C@H]1N[C@]2(C(=O)N(C)c3ccccc32)[C@@H]2C(=O)N(C(C)C)C(=O)[C@H]21. The summed E-state index contributed by atoms with van der Waals surface area (Å²) < 4.78 is 0. The lowest BCUT2D eigenvalue weighted by atomic mass is 9.76. The van der Waals surface area contributed by atoms with Crippen molar-refractivity contribution in [1.82, 2.24) is 10.2 Å². The van der Waals surface area contributed by atoms with Crippen LogP contribution in [0.15, 0.2) is 24.3 Å². The molecule has 2 saturated heterocycles. The fraction of sp³-hybridized carbons (Fsp3) is 0.571. The van der Waals surface area contributed by atoms with E-state index in [1.54, 1.807) is 11.9 Å². The Hall–Kier alpha value is -2.21. The minimum Gasteiger partial charge on any atom is -0.313 e. The zero-order valence-electron chi connectivity index (χ0n) is 16.5. The van der Waals surface area contributed by atoms with Gasteiger partial charge in [-0.1, -0.05) is 32.0 Å². The number of amides is 3. The van der Waals surface area contributed by atoms with Gasteiger partial charge in [-0.2, -0.15) is 0 Å². The van der Waals surface area contributed by atoms with Crippen LogP contribution in [0.25, 0.3) is 0 Å². The molecule has 0 unspecified atom stereocenters. The molecule has 1 N–H and O–H groups in total. The van der Waals surface area contributed by atoms with Crippen LogP contribution in [0.3, 0.4) is 0 Å². The van der Waals surface area contributed by atoms with E-state index in [9.17, 15) is 14.4 Å². The van der Waals surface area contributed by atoms with Crippen LogP contribution in [-0.4, -0.2) is 41.8 Å². The van der Waals surface area contributed by atoms with Crippen LogP contribution < -0.4 is 10.2 Å². The van der Waals surface area contributed by atoms with E-state index in [-0.39, 0.29) is 29.8 Å². The van der Waals surface area contributed by atoms with Crippen LogP contribution in [-0.2, 0) is 19.9 Å². The van der Waals surface area contributed by atoms with Crippen molar-refractivity contribution in [3.8, 4) is 0 Å². The molecule has 3 amide bonds. The molecular weight excluding hydrogens is 342 g/mol. The molecule has 6 heteroatoms. The Balaban J connectivity index is 1.91. The first-order chi connectivity index (χ1) is 12.7. The van der Waals surface area contributed by atoms with Crippen molar-refractivity contribution in [3.05, 3.63) is 29.8 Å². The summed E-state index contributed by atoms with van der Waals surface area (Å²) in [7, 11) is 1.74. The van der Waals surface area contributed by atoms with Crippen molar-refractivity contribution in [1.29, 1.82) is 0 Å². The van der Waals surface area contributed by atoms with E-state index >= 15 is 0 Å². The Bertz CT molecular complexity index is 834. The van der Waals surface area contributed by atoms with Crippen LogP contribution in [0.5, 0.6) is 0 Å². The fourth-order valence-electron chi connectivity index (χ4n) is 5.30. The smallest absolute Gasteiger partial charge is 0.252 e. The number of hydrogen-bond acceptors (Lipinski definition) is 4. The second-order valence-corrected chi connectivity index (χ2v) is 8.71. The van der Waals surface area contributed by atoms with Crippen LogP contribution in [0, 0.1) is 17.8 Å². The van der Waals surface area contributed by atoms with Gasteiger partial charge in [-0.15, -0.1) is 0 Å². The Morgan fingerprint density at radius 1 is 1.07 bits per heavy atom. The lowest BCUT2D eigenvalue weighted by Gasteiger charge is -2.31. The summed E-state index contributed by atoms with van der Waals surface area (Å²) in [5.74, 6) is -1.34. The quantitative estimate of drug-likeness (QED) is 0.826. The lowest BCUT2D eigenvalue weighted by Crippen LogP contribution is -2.55. The molecule has 0 radical (unpaired) electrons. The maximum atomic E-state index is 13.5. The maximum absolute atomic E-state index is 13.5. The van der Waals surface area contributed by atoms with Gasteiger partial charge in [0.25, 0.3) is 5.91 Å². The van der Waals surface area contributed by atoms with E-state index in [1.165, 1.54) is 4.90 Å². The summed E-state index contributed by atoms with van der Waals surface area (Å²) >= 11 is 0. The predicted molar refractivity (Wildman–Crippen MR) is 102 cm³/mol. The number of likely N-dealkylation sites (N-methyl/N-ethyl adjacent to an activating group) is 1. The second-order valence-electron chi connectivity index (χ2n) is 8.71. The molecule has 4 rings (SSSR count). The summed E-state index contributed by atoms with van der Waals surface area (Å²) in [6.45, 7) is 7.90. The first-order valence-electron chi connectivity index (χ1n) is 9.74. The third-order valence-corrected chi connectivity index (χ3v) is 6.27. The Kier molecular flexibility index (Phi) is 3.97. The van der Waals surface area contributed by atoms with Gasteiger partial charge in [0, 0.05) is 30.4 Å². The molecular formula is C21H27N3O3. The van der Waals surface area contributed by atoms with E-state index in [0.29, 0.717) is 5.92 Å². The summed E-state index contributed by atoms with van der Waals surface area (Å²) in [6.07, 6.45) is 0.743. The summed E-state index contributed by atoms with van der Waals surface area (Å²) in [6, 6.07) is 7.18. The molecule has 2 fully saturated rings. The molecule has 27 heavy (non-hydrogen) atoms. The Labute approximate surface area is 159 Å². The van der Waals surface area contributed by atoms with Gasteiger partial charge in [0.05, 0.1) is 11.8 Å². The molecule has 1 aromatic carbocycles. The zero-order chi connectivity index (χ0) is 19.7. The number of hydrogen-bond donors (Lipinski definition) is 1. The summed E-state index contributed by atoms with van der Waals surface area (Å²) in [4.78, 5) is 43.1. The first kappa shape index (κ1) is 18.2. The first-order valence-corrected chi connectivity index (χ1v) is 9.74. The molecule has 1 spiro atoms. The van der Waals surface area contributed by atoms with Crippen molar-refractivity contribution in [3.63, 3.8) is 0 Å². The predicted octanol–water partition coefficient (Wildman–Crippen LogP) is 1.89. The average molecular weight is 369 g/mol. The van der Waals surface area contributed by atoms with Gasteiger partial charge in [0.2, 0.25) is 11.8 Å². The van der Waals surface area contributed by atoms with Gasteiger partial charge in [-0.05, 0) is 32.3 Å². The van der Waals surface area contributed by atoms with E-state index in [1.807, 2.05) is 38.1 Å². The van der Waals surface area contributed by atoms with Crippen molar-refractivity contribution < 1.29 is 14.4 Å². The van der Waals surface area contributed by atoms with Gasteiger partial charge in [-0.3, -0.25) is 24.6 Å². The lowest BCUT2D eigenvalue weighted by molar-refractivity contribution is -0.144. The van der Waals surface area contributed by atoms with E-state index in [2.05, 4.69) is 19.2 Å². The number of carbonyl (C=O) groups is 3. The highest BCUT2D eigenvalue weighted by Gasteiger charge is 2.71. The number of anilines is 1. The molecule has 144 valence electrons. The third kappa shape index (κ3) is 2.19. The fourth-order valence-corrected chi connectivity index (χ4v) is 5.30. The number of benzene rings is 1. The van der Waals surface area contributed by atoms with Crippen molar-refractivity contribution in [2.24, 2.45) is 17.8 Å². The number of imide groups is 1. The monoisotopic (exact) mass is 369 g/mol. The number of nitrogens with zero attached hydrogens (tertiary/aromatic N) is 2. The van der Waals surface area contributed by atoms with Crippen LogP contribution in [0.4, 0.5) is 5.69 Å². The molecule has 3 aliphatic rings. The molecule has 4 atom stereocenters. The number of carbonyl (C=O) groups excluding carboxylic acids is 3. The summed E-state index contributed by atoms with van der Waals surface area (Å²) in [5.41, 5.74) is 0.471. The van der Waals surface area contributed by atoms with E-state index in [4.69, 9.17) is 0 Å². The highest BCUT2D eigenvalue weighted by molar-refractivity contribution is 6.15. The Morgan fingerprint density at radius 2 is 1.74 bits per heavy atom. The molecule has 1 aromatic rings. The molecule has 0 aliphatic carbocycles. The minimum absolute atomic E-state index is 0.142. The number of fused-ring (bicyclic) bond motifs is 4. The zero-order valence-corrected chi connectivity index (χ0v) is 16.5. The number of likely N-dealkylation sites (tertiary alicyclic amines) is 1. The molecule has 0 saturated carbocycles. The van der Waals surface area contributed by atoms with Crippen molar-refractivity contribution >= 4 is 23.4 Å². The molecule has 3 aliphatic heterocycles. The molecule has 6 nitrogen and oxygen atoms in total. The maximum Gasteiger partial charge on any atom is 0.252 e. The Morgan fingerprint density at radius 3 is 2.37 bits per heavy atom. The summed E-state index contributed by atoms with van der Waals surface area (Å²) in [5, 5.41) is 3.50. The molecule has 0 aromatic heterocycles. The average Bonchev–Trinajstić information content (AvgIpc) is 3.14. The second kappa shape index (κ2) is 5.89. The number of nitrogens with one attached hydrogen (secondary N) is 1. The van der Waals surface area contributed by atoms with Gasteiger partial charge in [-0.25, -0.2) is 0 Å². The van der Waals surface area contributed by atoms with Crippen LogP contribution in [0.2, 0.25) is 0 Å². The van der Waals surface area contributed by atoms with Crippen LogP contribution in [0.1, 0.15) is 39.7 Å². The van der Waals surface area contributed by atoms with Gasteiger partial charge in [0.1, 0.15) is 5.54 Å².